The van der Waals surface area contributed by atoms with Gasteiger partial charge in [0.25, 0.3) is 0 Å². The fourth-order valence-electron chi connectivity index (χ4n) is 2.73. The Morgan fingerprint density at radius 2 is 1.67 bits per heavy atom. The molecule has 1 aromatic carbocycles. The molecule has 3 nitrogen and oxygen atoms in total. The second-order valence-corrected chi connectivity index (χ2v) is 6.76. The van der Waals surface area contributed by atoms with Gasteiger partial charge in [0.1, 0.15) is 0 Å². The first-order valence-electron chi connectivity index (χ1n) is 8.83. The highest BCUT2D eigenvalue weighted by molar-refractivity contribution is 5.29. The molecule has 2 aromatic rings. The lowest BCUT2D eigenvalue weighted by atomic mass is 10.1. The van der Waals surface area contributed by atoms with Crippen LogP contribution in [0.2, 0.25) is 0 Å². The predicted molar refractivity (Wildman–Crippen MR) is 100.0 cm³/mol. The first kappa shape index (κ1) is 18.6. The molecule has 0 spiro atoms. The number of pyridine rings is 1. The highest BCUT2D eigenvalue weighted by Crippen LogP contribution is 2.14. The number of benzene rings is 1. The van der Waals surface area contributed by atoms with Gasteiger partial charge in [0.15, 0.2) is 0 Å². The Hall–Kier alpha value is -1.71. The molecule has 0 N–H and O–H groups in total. The van der Waals surface area contributed by atoms with Gasteiger partial charge in [-0.25, -0.2) is 0 Å². The quantitative estimate of drug-likeness (QED) is 0.634. The van der Waals surface area contributed by atoms with Crippen LogP contribution in [0.15, 0.2) is 42.7 Å². The predicted octanol–water partition coefficient (Wildman–Crippen LogP) is 4.52. The summed E-state index contributed by atoms with van der Waals surface area (Å²) in [7, 11) is 0. The summed E-state index contributed by atoms with van der Waals surface area (Å²) in [5.74, 6) is 0. The largest absolute Gasteiger partial charge is 0.379 e. The molecule has 24 heavy (non-hydrogen) atoms. The highest BCUT2D eigenvalue weighted by Gasteiger charge is 2.08. The van der Waals surface area contributed by atoms with Crippen molar-refractivity contribution in [3.63, 3.8) is 0 Å². The van der Waals surface area contributed by atoms with Gasteiger partial charge >= 0.3 is 0 Å². The number of nitrogens with zero attached hydrogens (tertiary/aromatic N) is 2. The Bertz CT molecular complexity index is 610. The molecule has 0 aliphatic carbocycles. The topological polar surface area (TPSA) is 25.4 Å². The number of rotatable bonds is 9. The minimum Gasteiger partial charge on any atom is -0.379 e. The molecule has 0 bridgehead atoms. The fourth-order valence-corrected chi connectivity index (χ4v) is 2.73. The maximum absolute atomic E-state index is 5.69. The van der Waals surface area contributed by atoms with Crippen molar-refractivity contribution in [2.75, 3.05) is 13.2 Å². The van der Waals surface area contributed by atoms with E-state index in [2.05, 4.69) is 67.9 Å². The van der Waals surface area contributed by atoms with E-state index in [1.54, 1.807) is 0 Å². The molecule has 1 heterocycles. The van der Waals surface area contributed by atoms with Crippen LogP contribution in [0.1, 0.15) is 42.5 Å². The second kappa shape index (κ2) is 9.55. The van der Waals surface area contributed by atoms with E-state index in [9.17, 15) is 0 Å². The molecule has 0 saturated heterocycles. The van der Waals surface area contributed by atoms with Gasteiger partial charge in [-0.1, -0.05) is 18.2 Å². The van der Waals surface area contributed by atoms with Crippen LogP contribution < -0.4 is 0 Å². The van der Waals surface area contributed by atoms with Gasteiger partial charge in [0.05, 0.1) is 6.10 Å². The van der Waals surface area contributed by atoms with Crippen molar-refractivity contribution < 1.29 is 4.74 Å². The van der Waals surface area contributed by atoms with Crippen molar-refractivity contribution in [1.82, 2.24) is 9.88 Å². The summed E-state index contributed by atoms with van der Waals surface area (Å²) < 4.78 is 5.69. The molecule has 1 aromatic heterocycles. The van der Waals surface area contributed by atoms with E-state index in [-0.39, 0.29) is 0 Å². The average molecular weight is 326 g/mol. The van der Waals surface area contributed by atoms with Gasteiger partial charge in [-0.2, -0.15) is 0 Å². The van der Waals surface area contributed by atoms with Crippen molar-refractivity contribution in [2.45, 2.75) is 53.3 Å². The smallest absolute Gasteiger partial charge is 0.0518 e. The number of hydrogen-bond donors (Lipinski definition) is 0. The van der Waals surface area contributed by atoms with Crippen LogP contribution in [0, 0.1) is 13.8 Å². The van der Waals surface area contributed by atoms with E-state index in [0.717, 1.165) is 32.7 Å². The zero-order valence-corrected chi connectivity index (χ0v) is 15.5. The molecule has 130 valence electrons. The minimum absolute atomic E-state index is 0.304. The molecule has 0 aliphatic rings. The molecule has 0 saturated carbocycles. The maximum Gasteiger partial charge on any atom is 0.0518 e. The summed E-state index contributed by atoms with van der Waals surface area (Å²) in [6, 6.07) is 11.0. The van der Waals surface area contributed by atoms with E-state index in [0.29, 0.717) is 6.10 Å². The number of aromatic nitrogens is 1. The molecular weight excluding hydrogens is 296 g/mol. The summed E-state index contributed by atoms with van der Waals surface area (Å²) in [5.41, 5.74) is 5.39. The summed E-state index contributed by atoms with van der Waals surface area (Å²) in [6.07, 6.45) is 5.09. The Kier molecular flexibility index (Phi) is 7.41. The Labute approximate surface area is 146 Å². The van der Waals surface area contributed by atoms with Crippen molar-refractivity contribution in [3.8, 4) is 0 Å². The maximum atomic E-state index is 5.69. The normalized spacial score (nSPS) is 11.4. The van der Waals surface area contributed by atoms with Crippen LogP contribution in [0.4, 0.5) is 0 Å². The van der Waals surface area contributed by atoms with Gasteiger partial charge in [-0.3, -0.25) is 9.88 Å². The molecule has 0 atom stereocenters. The third kappa shape index (κ3) is 6.42. The van der Waals surface area contributed by atoms with Crippen LogP contribution in [0.25, 0.3) is 0 Å². The molecule has 0 amide bonds. The van der Waals surface area contributed by atoms with Crippen molar-refractivity contribution in [1.29, 1.82) is 0 Å². The highest BCUT2D eigenvalue weighted by atomic mass is 16.5. The Morgan fingerprint density at radius 1 is 0.958 bits per heavy atom. The first-order chi connectivity index (χ1) is 11.5. The van der Waals surface area contributed by atoms with Crippen LogP contribution in [0.5, 0.6) is 0 Å². The van der Waals surface area contributed by atoms with Crippen molar-refractivity contribution >= 4 is 0 Å². The SMILES string of the molecule is Cc1ccc(CN(CCCOC(C)C)Cc2ccncc2)cc1C. The zero-order chi connectivity index (χ0) is 17.4. The molecule has 2 rings (SSSR count). The minimum atomic E-state index is 0.304. The lowest BCUT2D eigenvalue weighted by molar-refractivity contribution is 0.0693. The Morgan fingerprint density at radius 3 is 2.33 bits per heavy atom. The van der Waals surface area contributed by atoms with Crippen LogP contribution in [0.3, 0.4) is 0 Å². The first-order valence-corrected chi connectivity index (χ1v) is 8.83. The van der Waals surface area contributed by atoms with Gasteiger partial charge in [0.2, 0.25) is 0 Å². The van der Waals surface area contributed by atoms with Gasteiger partial charge in [0, 0.05) is 38.6 Å². The van der Waals surface area contributed by atoms with Gasteiger partial charge in [-0.15, -0.1) is 0 Å². The van der Waals surface area contributed by atoms with Gasteiger partial charge < -0.3 is 4.74 Å². The van der Waals surface area contributed by atoms with Crippen LogP contribution in [-0.4, -0.2) is 29.1 Å². The third-order valence-electron chi connectivity index (χ3n) is 4.20. The lowest BCUT2D eigenvalue weighted by Crippen LogP contribution is -2.25. The van der Waals surface area contributed by atoms with E-state index in [1.165, 1.54) is 22.3 Å². The molecule has 3 heteroatoms. The van der Waals surface area contributed by atoms with E-state index in [4.69, 9.17) is 4.74 Å². The molecule has 0 aliphatic heterocycles. The number of aryl methyl sites for hydroxylation is 2. The molecule has 0 fully saturated rings. The Balaban J connectivity index is 1.99. The third-order valence-corrected chi connectivity index (χ3v) is 4.20. The number of ether oxygens (including phenoxy) is 1. The van der Waals surface area contributed by atoms with Crippen molar-refractivity contribution in [3.05, 3.63) is 65.0 Å². The summed E-state index contributed by atoms with van der Waals surface area (Å²) in [6.45, 7) is 12.3. The zero-order valence-electron chi connectivity index (χ0n) is 15.5. The molecular formula is C21H30N2O. The van der Waals surface area contributed by atoms with Crippen LogP contribution >= 0.6 is 0 Å². The van der Waals surface area contributed by atoms with E-state index < -0.39 is 0 Å². The van der Waals surface area contributed by atoms with E-state index in [1.807, 2.05) is 12.4 Å². The standard InChI is InChI=1S/C21H30N2O/c1-17(2)24-13-5-12-23(15-20-8-10-22-11-9-20)16-21-7-6-18(3)19(4)14-21/h6-11,14,17H,5,12-13,15-16H2,1-4H3. The van der Waals surface area contributed by atoms with Crippen molar-refractivity contribution in [2.24, 2.45) is 0 Å². The number of hydrogen-bond acceptors (Lipinski definition) is 3. The summed E-state index contributed by atoms with van der Waals surface area (Å²) >= 11 is 0. The van der Waals surface area contributed by atoms with Gasteiger partial charge in [-0.05, 0) is 68.5 Å². The monoisotopic (exact) mass is 326 g/mol. The summed E-state index contributed by atoms with van der Waals surface area (Å²) in [5, 5.41) is 0. The van der Waals surface area contributed by atoms with Crippen LogP contribution in [-0.2, 0) is 17.8 Å². The molecule has 0 unspecified atom stereocenters. The summed E-state index contributed by atoms with van der Waals surface area (Å²) in [4.78, 5) is 6.60. The second-order valence-electron chi connectivity index (χ2n) is 6.76. The lowest BCUT2D eigenvalue weighted by Gasteiger charge is -2.23. The molecule has 0 radical (unpaired) electrons. The van der Waals surface area contributed by atoms with E-state index >= 15 is 0 Å². The fraction of sp³-hybridized carbons (Fsp3) is 0.476. The average Bonchev–Trinajstić information content (AvgIpc) is 2.55.